The highest BCUT2D eigenvalue weighted by Crippen LogP contribution is 2.53. The summed E-state index contributed by atoms with van der Waals surface area (Å²) in [5.41, 5.74) is 10.3. The Morgan fingerprint density at radius 3 is 2.17 bits per heavy atom. The Kier molecular flexibility index (Phi) is 3.79. The topological polar surface area (TPSA) is 9.23 Å². The van der Waals surface area contributed by atoms with E-state index in [0.29, 0.717) is 0 Å². The van der Waals surface area contributed by atoms with Crippen LogP contribution < -0.4 is 4.74 Å². The lowest BCUT2D eigenvalue weighted by Gasteiger charge is -2.23. The standard InChI is InChI=1S/C35H24O/c1-35(2)29-18-15-21-7-3-4-10-25(21)34(29)28-17-14-23(19-30(28)35)24-13-16-26-27-11-5-8-22-9-6-12-31(33(22)27)36-32(26)20-24/h3-20H,1-2H3. The van der Waals surface area contributed by atoms with Crippen molar-refractivity contribution in [1.29, 1.82) is 0 Å². The molecule has 0 atom stereocenters. The molecular weight excluding hydrogens is 436 g/mol. The Balaban J connectivity index is 1.29. The fourth-order valence-electron chi connectivity index (χ4n) is 6.43. The second kappa shape index (κ2) is 6.86. The Hall–Kier alpha value is -4.36. The van der Waals surface area contributed by atoms with Gasteiger partial charge in [-0.1, -0.05) is 98.8 Å². The first kappa shape index (κ1) is 19.9. The van der Waals surface area contributed by atoms with E-state index >= 15 is 0 Å². The van der Waals surface area contributed by atoms with Crippen molar-refractivity contribution in [2.75, 3.05) is 0 Å². The second-order valence-corrected chi connectivity index (χ2v) is 10.6. The predicted octanol–water partition coefficient (Wildman–Crippen LogP) is 9.74. The van der Waals surface area contributed by atoms with Crippen LogP contribution in [-0.2, 0) is 5.41 Å². The van der Waals surface area contributed by atoms with Gasteiger partial charge in [-0.3, -0.25) is 0 Å². The molecule has 0 unspecified atom stereocenters. The molecule has 6 aromatic rings. The Morgan fingerprint density at radius 2 is 1.28 bits per heavy atom. The van der Waals surface area contributed by atoms with Crippen LogP contribution in [0.3, 0.4) is 0 Å². The van der Waals surface area contributed by atoms with Crippen molar-refractivity contribution in [3.8, 4) is 44.9 Å². The molecular formula is C35H24O. The molecule has 6 aromatic carbocycles. The van der Waals surface area contributed by atoms with Gasteiger partial charge < -0.3 is 4.74 Å². The molecule has 0 spiro atoms. The van der Waals surface area contributed by atoms with Gasteiger partial charge in [0.05, 0.1) is 0 Å². The highest BCUT2D eigenvalue weighted by Gasteiger charge is 2.36. The summed E-state index contributed by atoms with van der Waals surface area (Å²) in [5.74, 6) is 1.86. The van der Waals surface area contributed by atoms with Crippen molar-refractivity contribution >= 4 is 21.5 Å². The SMILES string of the molecule is CC1(C)c2cc(-c3ccc4c(c3)Oc3cccc5cccc-4c35)ccc2-c2c1ccc1ccccc21. The molecule has 36 heavy (non-hydrogen) atoms. The van der Waals surface area contributed by atoms with E-state index < -0.39 is 0 Å². The zero-order valence-corrected chi connectivity index (χ0v) is 20.3. The molecule has 1 heterocycles. The summed E-state index contributed by atoms with van der Waals surface area (Å²) < 4.78 is 6.44. The summed E-state index contributed by atoms with van der Waals surface area (Å²) in [6.45, 7) is 4.70. The van der Waals surface area contributed by atoms with Crippen LogP contribution in [0.5, 0.6) is 11.5 Å². The van der Waals surface area contributed by atoms with Gasteiger partial charge in [-0.05, 0) is 79.4 Å². The van der Waals surface area contributed by atoms with E-state index in [1.807, 2.05) is 0 Å². The summed E-state index contributed by atoms with van der Waals surface area (Å²) in [7, 11) is 0. The number of ether oxygens (including phenoxy) is 1. The molecule has 1 aliphatic carbocycles. The molecule has 0 fully saturated rings. The lowest BCUT2D eigenvalue weighted by Crippen LogP contribution is -2.15. The molecule has 1 nitrogen and oxygen atoms in total. The summed E-state index contributed by atoms with van der Waals surface area (Å²) in [6, 6.07) is 39.7. The van der Waals surface area contributed by atoms with Gasteiger partial charge in [0.15, 0.2) is 0 Å². The van der Waals surface area contributed by atoms with Crippen LogP contribution in [0.15, 0.2) is 109 Å². The van der Waals surface area contributed by atoms with E-state index in [4.69, 9.17) is 4.74 Å². The summed E-state index contributed by atoms with van der Waals surface area (Å²) in [4.78, 5) is 0. The van der Waals surface area contributed by atoms with E-state index in [1.165, 1.54) is 60.5 Å². The molecule has 0 bridgehead atoms. The number of benzene rings is 6. The first-order valence-corrected chi connectivity index (χ1v) is 12.6. The maximum Gasteiger partial charge on any atom is 0.135 e. The van der Waals surface area contributed by atoms with Gasteiger partial charge in [-0.2, -0.15) is 0 Å². The van der Waals surface area contributed by atoms with Crippen LogP contribution in [0.4, 0.5) is 0 Å². The second-order valence-electron chi connectivity index (χ2n) is 10.6. The molecule has 1 heteroatoms. The molecule has 1 aliphatic heterocycles. The van der Waals surface area contributed by atoms with Gasteiger partial charge in [-0.25, -0.2) is 0 Å². The zero-order valence-electron chi connectivity index (χ0n) is 20.3. The highest BCUT2D eigenvalue weighted by molar-refractivity contribution is 6.05. The molecule has 2 aliphatic rings. The molecule has 0 radical (unpaired) electrons. The van der Waals surface area contributed by atoms with Gasteiger partial charge in [0.1, 0.15) is 11.5 Å². The summed E-state index contributed by atoms with van der Waals surface area (Å²) >= 11 is 0. The van der Waals surface area contributed by atoms with Crippen LogP contribution >= 0.6 is 0 Å². The fourth-order valence-corrected chi connectivity index (χ4v) is 6.43. The molecule has 0 N–H and O–H groups in total. The minimum atomic E-state index is -0.0516. The van der Waals surface area contributed by atoms with E-state index in [0.717, 1.165) is 17.1 Å². The number of hydrogen-bond acceptors (Lipinski definition) is 1. The van der Waals surface area contributed by atoms with Crippen LogP contribution in [0.25, 0.3) is 54.9 Å². The third-order valence-electron chi connectivity index (χ3n) is 8.26. The summed E-state index contributed by atoms with van der Waals surface area (Å²) in [5, 5.41) is 5.05. The van der Waals surface area contributed by atoms with E-state index in [9.17, 15) is 0 Å². The van der Waals surface area contributed by atoms with E-state index in [2.05, 4.69) is 123 Å². The van der Waals surface area contributed by atoms with Crippen molar-refractivity contribution in [1.82, 2.24) is 0 Å². The smallest absolute Gasteiger partial charge is 0.135 e. The number of hydrogen-bond donors (Lipinski definition) is 0. The minimum absolute atomic E-state index is 0.0516. The first-order chi connectivity index (χ1) is 17.6. The maximum atomic E-state index is 6.44. The third kappa shape index (κ3) is 2.55. The highest BCUT2D eigenvalue weighted by atomic mass is 16.5. The lowest BCUT2D eigenvalue weighted by molar-refractivity contribution is 0.487. The van der Waals surface area contributed by atoms with Gasteiger partial charge in [-0.15, -0.1) is 0 Å². The third-order valence-corrected chi connectivity index (χ3v) is 8.26. The van der Waals surface area contributed by atoms with Gasteiger partial charge in [0.25, 0.3) is 0 Å². The van der Waals surface area contributed by atoms with Crippen LogP contribution in [0.2, 0.25) is 0 Å². The fraction of sp³-hybridized carbons (Fsp3) is 0.0857. The molecule has 170 valence electrons. The normalized spacial score (nSPS) is 14.3. The average molecular weight is 461 g/mol. The number of fused-ring (bicyclic) bond motifs is 7. The van der Waals surface area contributed by atoms with Crippen molar-refractivity contribution in [3.63, 3.8) is 0 Å². The van der Waals surface area contributed by atoms with Crippen molar-refractivity contribution < 1.29 is 4.74 Å². The zero-order chi connectivity index (χ0) is 24.0. The van der Waals surface area contributed by atoms with Crippen molar-refractivity contribution in [3.05, 3.63) is 120 Å². The van der Waals surface area contributed by atoms with Crippen LogP contribution in [0.1, 0.15) is 25.0 Å². The van der Waals surface area contributed by atoms with E-state index in [1.54, 1.807) is 0 Å². The van der Waals surface area contributed by atoms with Gasteiger partial charge >= 0.3 is 0 Å². The molecule has 0 saturated heterocycles. The molecule has 0 saturated carbocycles. The predicted molar refractivity (Wildman–Crippen MR) is 150 cm³/mol. The van der Waals surface area contributed by atoms with Crippen molar-refractivity contribution in [2.45, 2.75) is 19.3 Å². The molecule has 8 rings (SSSR count). The quantitative estimate of drug-likeness (QED) is 0.237. The van der Waals surface area contributed by atoms with Crippen molar-refractivity contribution in [2.24, 2.45) is 0 Å². The van der Waals surface area contributed by atoms with Gasteiger partial charge in [0, 0.05) is 16.4 Å². The maximum absolute atomic E-state index is 6.44. The number of rotatable bonds is 1. The first-order valence-electron chi connectivity index (χ1n) is 12.6. The Labute approximate surface area is 210 Å². The van der Waals surface area contributed by atoms with Crippen LogP contribution in [-0.4, -0.2) is 0 Å². The molecule has 0 amide bonds. The Morgan fingerprint density at radius 1 is 0.528 bits per heavy atom. The minimum Gasteiger partial charge on any atom is -0.456 e. The van der Waals surface area contributed by atoms with Crippen LogP contribution in [0, 0.1) is 0 Å². The van der Waals surface area contributed by atoms with Gasteiger partial charge in [0.2, 0.25) is 0 Å². The Bertz CT molecular complexity index is 1880. The van der Waals surface area contributed by atoms with E-state index in [-0.39, 0.29) is 5.41 Å². The molecule has 0 aromatic heterocycles. The largest absolute Gasteiger partial charge is 0.456 e. The monoisotopic (exact) mass is 460 g/mol. The average Bonchev–Trinajstić information content (AvgIpc) is 3.15. The lowest BCUT2D eigenvalue weighted by atomic mass is 9.81. The summed E-state index contributed by atoms with van der Waals surface area (Å²) in [6.07, 6.45) is 0.